The van der Waals surface area contributed by atoms with Crippen LogP contribution in [0.25, 0.3) is 0 Å². The third-order valence-corrected chi connectivity index (χ3v) is 3.11. The number of nitrogens with one attached hydrogen (secondary N) is 1. The van der Waals surface area contributed by atoms with Gasteiger partial charge in [-0.25, -0.2) is 0 Å². The van der Waals surface area contributed by atoms with E-state index in [4.69, 9.17) is 5.73 Å². The Hall–Kier alpha value is -2.37. The molecule has 3 N–H and O–H groups in total. The number of nitrogen functional groups attached to an aromatic ring is 1. The highest BCUT2D eigenvalue weighted by Gasteiger charge is 2.10. The maximum absolute atomic E-state index is 5.82. The molecule has 6 heteroatoms. The van der Waals surface area contributed by atoms with Crippen LogP contribution in [0.1, 0.15) is 25.8 Å². The highest BCUT2D eigenvalue weighted by atomic mass is 15.2. The number of anilines is 3. The number of pyridine rings is 1. The number of nitrogens with zero attached hydrogens (tertiary/aromatic N) is 4. The summed E-state index contributed by atoms with van der Waals surface area (Å²) in [4.78, 5) is 14.8. The average molecular weight is 286 g/mol. The van der Waals surface area contributed by atoms with Crippen molar-refractivity contribution in [2.24, 2.45) is 0 Å². The lowest BCUT2D eigenvalue weighted by atomic mass is 10.2. The van der Waals surface area contributed by atoms with E-state index in [1.165, 1.54) is 5.56 Å². The second-order valence-electron chi connectivity index (χ2n) is 4.77. The summed E-state index contributed by atoms with van der Waals surface area (Å²) in [5.74, 6) is 1.90. The zero-order valence-corrected chi connectivity index (χ0v) is 12.6. The lowest BCUT2D eigenvalue weighted by molar-refractivity contribution is 0.810. The van der Waals surface area contributed by atoms with Gasteiger partial charge >= 0.3 is 0 Å². The molecule has 6 nitrogen and oxygen atoms in total. The molecular formula is C15H22N6. The van der Waals surface area contributed by atoms with Gasteiger partial charge in [0, 0.05) is 38.1 Å². The van der Waals surface area contributed by atoms with E-state index in [1.54, 1.807) is 12.4 Å². The molecule has 0 radical (unpaired) electrons. The molecule has 0 fully saturated rings. The average Bonchev–Trinajstić information content (AvgIpc) is 2.51. The van der Waals surface area contributed by atoms with Gasteiger partial charge in [0.2, 0.25) is 5.95 Å². The summed E-state index contributed by atoms with van der Waals surface area (Å²) in [6.45, 7) is 6.68. The Morgan fingerprint density at radius 1 is 1.19 bits per heavy atom. The van der Waals surface area contributed by atoms with Crippen LogP contribution in [-0.4, -0.2) is 28.0 Å². The Morgan fingerprint density at radius 3 is 2.62 bits per heavy atom. The van der Waals surface area contributed by atoms with Crippen molar-refractivity contribution in [2.75, 3.05) is 29.0 Å². The molecule has 0 unspecified atom stereocenters. The molecule has 21 heavy (non-hydrogen) atoms. The van der Waals surface area contributed by atoms with Crippen molar-refractivity contribution in [2.45, 2.75) is 26.8 Å². The molecule has 2 aromatic heterocycles. The third kappa shape index (κ3) is 4.30. The Kier molecular flexibility index (Phi) is 5.31. The Balaban J connectivity index is 2.19. The van der Waals surface area contributed by atoms with Crippen LogP contribution >= 0.6 is 0 Å². The highest BCUT2D eigenvalue weighted by Crippen LogP contribution is 2.19. The summed E-state index contributed by atoms with van der Waals surface area (Å²) in [7, 11) is 0. The molecular weight excluding hydrogens is 264 g/mol. The van der Waals surface area contributed by atoms with Crippen LogP contribution < -0.4 is 16.0 Å². The van der Waals surface area contributed by atoms with E-state index < -0.39 is 0 Å². The van der Waals surface area contributed by atoms with E-state index in [0.29, 0.717) is 5.95 Å². The second-order valence-corrected chi connectivity index (χ2v) is 4.77. The van der Waals surface area contributed by atoms with E-state index in [0.717, 1.165) is 37.7 Å². The van der Waals surface area contributed by atoms with Crippen LogP contribution in [0, 0.1) is 0 Å². The standard InChI is InChI=1S/C15H22N6/c1-3-7-18-13-10-14(20-15(16)19-13)21(4-2)11-12-5-8-17-9-6-12/h5-6,8-10H,3-4,7,11H2,1-2H3,(H3,16,18,19,20). The SMILES string of the molecule is CCCNc1cc(N(CC)Cc2ccncc2)nc(N)n1. The molecule has 0 aromatic carbocycles. The minimum atomic E-state index is 0.291. The highest BCUT2D eigenvalue weighted by molar-refractivity contribution is 5.52. The number of rotatable bonds is 7. The van der Waals surface area contributed by atoms with Crippen molar-refractivity contribution in [3.8, 4) is 0 Å². The molecule has 2 aromatic rings. The van der Waals surface area contributed by atoms with Gasteiger partial charge in [-0.15, -0.1) is 0 Å². The fraction of sp³-hybridized carbons (Fsp3) is 0.400. The van der Waals surface area contributed by atoms with Crippen molar-refractivity contribution >= 4 is 17.6 Å². The van der Waals surface area contributed by atoms with E-state index >= 15 is 0 Å². The molecule has 0 atom stereocenters. The van der Waals surface area contributed by atoms with E-state index in [-0.39, 0.29) is 0 Å². The first-order chi connectivity index (χ1) is 10.2. The number of aromatic nitrogens is 3. The molecule has 0 amide bonds. The van der Waals surface area contributed by atoms with Crippen molar-refractivity contribution in [3.63, 3.8) is 0 Å². The van der Waals surface area contributed by atoms with Crippen LogP contribution in [0.2, 0.25) is 0 Å². The van der Waals surface area contributed by atoms with E-state index in [1.807, 2.05) is 18.2 Å². The van der Waals surface area contributed by atoms with Crippen molar-refractivity contribution < 1.29 is 0 Å². The Labute approximate surface area is 125 Å². The molecule has 0 bridgehead atoms. The molecule has 0 saturated carbocycles. The number of nitrogens with two attached hydrogens (primary N) is 1. The van der Waals surface area contributed by atoms with Gasteiger partial charge in [0.15, 0.2) is 0 Å². The van der Waals surface area contributed by atoms with Crippen LogP contribution in [0.4, 0.5) is 17.6 Å². The third-order valence-electron chi connectivity index (χ3n) is 3.11. The minimum absolute atomic E-state index is 0.291. The zero-order valence-electron chi connectivity index (χ0n) is 12.6. The molecule has 0 aliphatic heterocycles. The normalized spacial score (nSPS) is 10.4. The molecule has 0 aliphatic rings. The molecule has 112 valence electrons. The van der Waals surface area contributed by atoms with Crippen LogP contribution in [0.15, 0.2) is 30.6 Å². The molecule has 0 saturated heterocycles. The summed E-state index contributed by atoms with van der Waals surface area (Å²) < 4.78 is 0. The predicted molar refractivity (Wildman–Crippen MR) is 86.2 cm³/mol. The van der Waals surface area contributed by atoms with Crippen molar-refractivity contribution in [1.29, 1.82) is 0 Å². The number of hydrogen-bond acceptors (Lipinski definition) is 6. The van der Waals surface area contributed by atoms with Crippen molar-refractivity contribution in [1.82, 2.24) is 15.0 Å². The fourth-order valence-corrected chi connectivity index (χ4v) is 2.02. The van der Waals surface area contributed by atoms with Gasteiger partial charge in [-0.3, -0.25) is 4.98 Å². The molecule has 0 spiro atoms. The largest absolute Gasteiger partial charge is 0.370 e. The fourth-order valence-electron chi connectivity index (χ4n) is 2.02. The molecule has 2 rings (SSSR count). The van der Waals surface area contributed by atoms with Gasteiger partial charge in [-0.2, -0.15) is 9.97 Å². The second kappa shape index (κ2) is 7.42. The van der Waals surface area contributed by atoms with E-state index in [2.05, 4.69) is 39.0 Å². The smallest absolute Gasteiger partial charge is 0.223 e. The zero-order chi connectivity index (χ0) is 15.1. The van der Waals surface area contributed by atoms with E-state index in [9.17, 15) is 0 Å². The summed E-state index contributed by atoms with van der Waals surface area (Å²) in [5.41, 5.74) is 7.01. The topological polar surface area (TPSA) is 80.0 Å². The Bertz CT molecular complexity index is 557. The molecule has 2 heterocycles. The van der Waals surface area contributed by atoms with Gasteiger partial charge in [-0.05, 0) is 31.0 Å². The van der Waals surface area contributed by atoms with Crippen molar-refractivity contribution in [3.05, 3.63) is 36.2 Å². The first kappa shape index (κ1) is 15.0. The quantitative estimate of drug-likeness (QED) is 0.813. The summed E-state index contributed by atoms with van der Waals surface area (Å²) >= 11 is 0. The van der Waals surface area contributed by atoms with Gasteiger partial charge in [0.05, 0.1) is 0 Å². The summed E-state index contributed by atoms with van der Waals surface area (Å²) in [6, 6.07) is 5.95. The maximum atomic E-state index is 5.82. The minimum Gasteiger partial charge on any atom is -0.370 e. The van der Waals surface area contributed by atoms with Gasteiger partial charge < -0.3 is 16.0 Å². The first-order valence-electron chi connectivity index (χ1n) is 7.25. The van der Waals surface area contributed by atoms with Crippen LogP contribution in [0.5, 0.6) is 0 Å². The maximum Gasteiger partial charge on any atom is 0.223 e. The lowest BCUT2D eigenvalue weighted by Gasteiger charge is -2.22. The van der Waals surface area contributed by atoms with Gasteiger partial charge in [-0.1, -0.05) is 6.92 Å². The predicted octanol–water partition coefficient (Wildman–Crippen LogP) is 2.30. The summed E-state index contributed by atoms with van der Waals surface area (Å²) in [6.07, 6.45) is 4.63. The van der Waals surface area contributed by atoms with Gasteiger partial charge in [0.1, 0.15) is 11.6 Å². The molecule has 0 aliphatic carbocycles. The number of hydrogen-bond donors (Lipinski definition) is 2. The van der Waals surface area contributed by atoms with Gasteiger partial charge in [0.25, 0.3) is 0 Å². The summed E-state index contributed by atoms with van der Waals surface area (Å²) in [5, 5.41) is 3.25. The first-order valence-corrected chi connectivity index (χ1v) is 7.25. The monoisotopic (exact) mass is 286 g/mol. The van der Waals surface area contributed by atoms with Crippen LogP contribution in [-0.2, 0) is 6.54 Å². The lowest BCUT2D eigenvalue weighted by Crippen LogP contribution is -2.24. The Morgan fingerprint density at radius 2 is 1.95 bits per heavy atom. The van der Waals surface area contributed by atoms with Crippen LogP contribution in [0.3, 0.4) is 0 Å².